The van der Waals surface area contributed by atoms with Gasteiger partial charge in [-0.2, -0.15) is 0 Å². The van der Waals surface area contributed by atoms with Gasteiger partial charge >= 0.3 is 0 Å². The second-order valence-electron chi connectivity index (χ2n) is 4.74. The molecule has 0 radical (unpaired) electrons. The smallest absolute Gasteiger partial charge is 0.130 e. The van der Waals surface area contributed by atoms with Crippen LogP contribution in [0.1, 0.15) is 25.3 Å². The van der Waals surface area contributed by atoms with Crippen molar-refractivity contribution in [2.24, 2.45) is 0 Å². The van der Waals surface area contributed by atoms with Gasteiger partial charge in [0, 0.05) is 42.5 Å². The number of rotatable bonds is 7. The molecule has 100 valence electrons. The Bertz CT molecular complexity index is 396. The fraction of sp³-hybridized carbons (Fsp3) is 0.615. The van der Waals surface area contributed by atoms with Crippen LogP contribution in [0.4, 0.5) is 5.82 Å². The van der Waals surface area contributed by atoms with Crippen LogP contribution in [0.2, 0.25) is 0 Å². The molecule has 0 spiro atoms. The number of hydrogen-bond acceptors (Lipinski definition) is 4. The first-order valence-electron chi connectivity index (χ1n) is 6.33. The van der Waals surface area contributed by atoms with E-state index in [4.69, 9.17) is 4.74 Å². The van der Waals surface area contributed by atoms with Gasteiger partial charge in [-0.3, -0.25) is 0 Å². The highest BCUT2D eigenvalue weighted by atomic mass is 79.9. The second kappa shape index (κ2) is 6.50. The second-order valence-corrected chi connectivity index (χ2v) is 5.66. The first-order valence-corrected chi connectivity index (χ1v) is 7.13. The molecule has 1 fully saturated rings. The molecule has 2 rings (SSSR count). The summed E-state index contributed by atoms with van der Waals surface area (Å²) in [7, 11) is 1.72. The highest BCUT2D eigenvalue weighted by Gasteiger charge is 2.20. The van der Waals surface area contributed by atoms with E-state index in [-0.39, 0.29) is 6.10 Å². The normalized spacial score (nSPS) is 16.6. The number of pyridine rings is 1. The summed E-state index contributed by atoms with van der Waals surface area (Å²) < 4.78 is 6.24. The van der Waals surface area contributed by atoms with Gasteiger partial charge in [0.25, 0.3) is 0 Å². The number of ether oxygens (including phenoxy) is 1. The minimum Gasteiger partial charge on any atom is -0.380 e. The van der Waals surface area contributed by atoms with Crippen molar-refractivity contribution in [1.29, 1.82) is 0 Å². The Morgan fingerprint density at radius 3 is 3.00 bits per heavy atom. The summed E-state index contributed by atoms with van der Waals surface area (Å²) in [5, 5.41) is 6.85. The van der Waals surface area contributed by atoms with Crippen LogP contribution >= 0.6 is 15.9 Å². The minimum atomic E-state index is 0.180. The van der Waals surface area contributed by atoms with E-state index in [1.54, 1.807) is 7.11 Å². The standard InChI is InChI=1S/C13H20BrN3O/c1-9(18-2)6-16-13-10(5-11(14)8-17-13)7-15-12-3-4-12/h5,8-9,12,15H,3-4,6-7H2,1-2H3,(H,16,17). The van der Waals surface area contributed by atoms with E-state index in [9.17, 15) is 0 Å². The van der Waals surface area contributed by atoms with Crippen LogP contribution in [0.3, 0.4) is 0 Å². The van der Waals surface area contributed by atoms with Gasteiger partial charge < -0.3 is 15.4 Å². The van der Waals surface area contributed by atoms with E-state index in [2.05, 4.69) is 37.6 Å². The maximum atomic E-state index is 5.23. The third kappa shape index (κ3) is 4.23. The summed E-state index contributed by atoms with van der Waals surface area (Å²) in [5.41, 5.74) is 1.19. The van der Waals surface area contributed by atoms with Crippen LogP contribution in [0, 0.1) is 0 Å². The average molecular weight is 314 g/mol. The number of methoxy groups -OCH3 is 1. The van der Waals surface area contributed by atoms with Crippen LogP contribution in [0.15, 0.2) is 16.7 Å². The minimum absolute atomic E-state index is 0.180. The summed E-state index contributed by atoms with van der Waals surface area (Å²) in [6, 6.07) is 2.82. The number of nitrogens with one attached hydrogen (secondary N) is 2. The van der Waals surface area contributed by atoms with Crippen molar-refractivity contribution < 1.29 is 4.74 Å². The van der Waals surface area contributed by atoms with Gasteiger partial charge in [0.1, 0.15) is 5.82 Å². The zero-order valence-corrected chi connectivity index (χ0v) is 12.5. The van der Waals surface area contributed by atoms with Crippen molar-refractivity contribution in [3.05, 3.63) is 22.3 Å². The van der Waals surface area contributed by atoms with E-state index < -0.39 is 0 Å². The van der Waals surface area contributed by atoms with Gasteiger partial charge in [-0.1, -0.05) is 0 Å². The van der Waals surface area contributed by atoms with Crippen LogP contribution in [-0.2, 0) is 11.3 Å². The molecule has 0 saturated heterocycles. The van der Waals surface area contributed by atoms with Crippen molar-refractivity contribution in [3.63, 3.8) is 0 Å². The van der Waals surface area contributed by atoms with Crippen molar-refractivity contribution in [2.75, 3.05) is 19.0 Å². The van der Waals surface area contributed by atoms with Gasteiger partial charge in [-0.05, 0) is 41.8 Å². The Morgan fingerprint density at radius 2 is 2.33 bits per heavy atom. The van der Waals surface area contributed by atoms with Gasteiger partial charge in [-0.15, -0.1) is 0 Å². The van der Waals surface area contributed by atoms with Gasteiger partial charge in [0.15, 0.2) is 0 Å². The lowest BCUT2D eigenvalue weighted by Crippen LogP contribution is -2.21. The molecule has 1 aliphatic carbocycles. The molecule has 1 aliphatic rings. The molecule has 0 amide bonds. The Balaban J connectivity index is 1.97. The summed E-state index contributed by atoms with van der Waals surface area (Å²) in [6.07, 6.45) is 4.59. The molecule has 0 bridgehead atoms. The molecule has 4 nitrogen and oxygen atoms in total. The molecule has 1 unspecified atom stereocenters. The Morgan fingerprint density at radius 1 is 1.56 bits per heavy atom. The van der Waals surface area contributed by atoms with Crippen molar-refractivity contribution in [3.8, 4) is 0 Å². The predicted molar refractivity (Wildman–Crippen MR) is 76.8 cm³/mol. The highest BCUT2D eigenvalue weighted by molar-refractivity contribution is 9.10. The number of hydrogen-bond donors (Lipinski definition) is 2. The average Bonchev–Trinajstić information content (AvgIpc) is 3.18. The van der Waals surface area contributed by atoms with Crippen LogP contribution in [0.25, 0.3) is 0 Å². The number of nitrogens with zero attached hydrogens (tertiary/aromatic N) is 1. The number of aromatic nitrogens is 1. The van der Waals surface area contributed by atoms with E-state index in [0.29, 0.717) is 6.04 Å². The van der Waals surface area contributed by atoms with E-state index in [1.807, 2.05) is 13.1 Å². The molecule has 1 aromatic heterocycles. The number of halogens is 1. The zero-order valence-electron chi connectivity index (χ0n) is 10.9. The van der Waals surface area contributed by atoms with Crippen LogP contribution in [0.5, 0.6) is 0 Å². The quantitative estimate of drug-likeness (QED) is 0.812. The molecule has 1 atom stereocenters. The predicted octanol–water partition coefficient (Wildman–Crippen LogP) is 2.54. The molecule has 0 aliphatic heterocycles. The van der Waals surface area contributed by atoms with E-state index >= 15 is 0 Å². The lowest BCUT2D eigenvalue weighted by molar-refractivity contribution is 0.128. The van der Waals surface area contributed by atoms with Gasteiger partial charge in [0.2, 0.25) is 0 Å². The summed E-state index contributed by atoms with van der Waals surface area (Å²) in [4.78, 5) is 4.43. The van der Waals surface area contributed by atoms with Crippen LogP contribution < -0.4 is 10.6 Å². The maximum Gasteiger partial charge on any atom is 0.130 e. The fourth-order valence-corrected chi connectivity index (χ4v) is 2.02. The summed E-state index contributed by atoms with van der Waals surface area (Å²) in [6.45, 7) is 3.66. The van der Waals surface area contributed by atoms with Crippen molar-refractivity contribution in [2.45, 2.75) is 38.5 Å². The van der Waals surface area contributed by atoms with E-state index in [1.165, 1.54) is 18.4 Å². The Labute approximate surface area is 117 Å². The Kier molecular flexibility index (Phi) is 4.97. The first kappa shape index (κ1) is 13.8. The maximum absolute atomic E-state index is 5.23. The molecule has 18 heavy (non-hydrogen) atoms. The molecule has 1 heterocycles. The lowest BCUT2D eigenvalue weighted by atomic mass is 10.2. The summed E-state index contributed by atoms with van der Waals surface area (Å²) >= 11 is 3.47. The zero-order chi connectivity index (χ0) is 13.0. The Hall–Kier alpha value is -0.650. The molecule has 1 aromatic rings. The third-order valence-electron chi connectivity index (χ3n) is 3.05. The largest absolute Gasteiger partial charge is 0.380 e. The van der Waals surface area contributed by atoms with Crippen LogP contribution in [-0.4, -0.2) is 30.8 Å². The molecular formula is C13H20BrN3O. The van der Waals surface area contributed by atoms with E-state index in [0.717, 1.165) is 23.4 Å². The summed E-state index contributed by atoms with van der Waals surface area (Å²) in [5.74, 6) is 0.940. The molecular weight excluding hydrogens is 294 g/mol. The SMILES string of the molecule is COC(C)CNc1ncc(Br)cc1CNC1CC1. The van der Waals surface area contributed by atoms with Gasteiger partial charge in [-0.25, -0.2) is 4.98 Å². The van der Waals surface area contributed by atoms with Crippen molar-refractivity contribution in [1.82, 2.24) is 10.3 Å². The monoisotopic (exact) mass is 313 g/mol. The molecule has 1 saturated carbocycles. The molecule has 2 N–H and O–H groups in total. The van der Waals surface area contributed by atoms with Gasteiger partial charge in [0.05, 0.1) is 6.10 Å². The fourth-order valence-electron chi connectivity index (χ4n) is 1.64. The number of anilines is 1. The molecule has 5 heteroatoms. The third-order valence-corrected chi connectivity index (χ3v) is 3.48. The topological polar surface area (TPSA) is 46.2 Å². The lowest BCUT2D eigenvalue weighted by Gasteiger charge is -2.15. The first-order chi connectivity index (χ1) is 8.69. The van der Waals surface area contributed by atoms with Crippen molar-refractivity contribution >= 4 is 21.7 Å². The highest BCUT2D eigenvalue weighted by Crippen LogP contribution is 2.22. The molecule has 0 aromatic carbocycles.